The van der Waals surface area contributed by atoms with Crippen LogP contribution in [-0.4, -0.2) is 40.1 Å². The summed E-state index contributed by atoms with van der Waals surface area (Å²) in [7, 11) is 0. The average Bonchev–Trinajstić information content (AvgIpc) is 2.27. The molecule has 1 aliphatic rings. The Morgan fingerprint density at radius 2 is 2.06 bits per heavy atom. The van der Waals surface area contributed by atoms with Gasteiger partial charge in [0.05, 0.1) is 4.99 Å². The van der Waals surface area contributed by atoms with Crippen molar-refractivity contribution in [3.63, 3.8) is 0 Å². The van der Waals surface area contributed by atoms with Gasteiger partial charge in [0.2, 0.25) is 0 Å². The number of carboxylic acid groups (broad SMARTS) is 1. The van der Waals surface area contributed by atoms with Gasteiger partial charge < -0.3 is 10.8 Å². The zero-order valence-electron chi connectivity index (χ0n) is 10.6. The van der Waals surface area contributed by atoms with Gasteiger partial charge in [-0.25, -0.2) is 0 Å². The second-order valence-corrected chi connectivity index (χ2v) is 5.54. The molecule has 0 radical (unpaired) electrons. The molecule has 0 saturated carbocycles. The minimum absolute atomic E-state index is 0.0961. The Morgan fingerprint density at radius 3 is 2.41 bits per heavy atom. The Kier molecular flexibility index (Phi) is 4.89. The second kappa shape index (κ2) is 5.78. The molecule has 98 valence electrons. The molecule has 0 aromatic rings. The van der Waals surface area contributed by atoms with Crippen LogP contribution in [0.2, 0.25) is 0 Å². The van der Waals surface area contributed by atoms with Gasteiger partial charge in [-0.15, -0.1) is 0 Å². The van der Waals surface area contributed by atoms with E-state index in [1.807, 2.05) is 11.8 Å². The van der Waals surface area contributed by atoms with Gasteiger partial charge in [0.15, 0.2) is 0 Å². The molecular formula is C12H22N2O2S. The number of carbonyl (C=O) groups is 1. The monoisotopic (exact) mass is 258 g/mol. The number of hydrogen-bond donors (Lipinski definition) is 2. The summed E-state index contributed by atoms with van der Waals surface area (Å²) in [5, 5.41) is 9.20. The van der Waals surface area contributed by atoms with E-state index < -0.39 is 5.97 Å². The van der Waals surface area contributed by atoms with Crippen LogP contribution in [0, 0.1) is 5.41 Å². The van der Waals surface area contributed by atoms with Crippen molar-refractivity contribution in [2.75, 3.05) is 13.1 Å². The summed E-state index contributed by atoms with van der Waals surface area (Å²) >= 11 is 5.08. The highest BCUT2D eigenvalue weighted by Crippen LogP contribution is 2.32. The van der Waals surface area contributed by atoms with E-state index in [-0.39, 0.29) is 11.5 Å². The van der Waals surface area contributed by atoms with Crippen molar-refractivity contribution in [3.05, 3.63) is 0 Å². The van der Waals surface area contributed by atoms with E-state index >= 15 is 0 Å². The lowest BCUT2D eigenvalue weighted by Crippen LogP contribution is -2.50. The van der Waals surface area contributed by atoms with Crippen molar-refractivity contribution in [2.45, 2.75) is 45.6 Å². The molecule has 0 spiro atoms. The molecule has 1 unspecified atom stereocenters. The van der Waals surface area contributed by atoms with Crippen LogP contribution < -0.4 is 5.73 Å². The van der Waals surface area contributed by atoms with Crippen LogP contribution in [-0.2, 0) is 4.79 Å². The molecule has 1 heterocycles. The number of piperidine rings is 1. The quantitative estimate of drug-likeness (QED) is 0.734. The lowest BCUT2D eigenvalue weighted by atomic mass is 9.80. The molecule has 0 bridgehead atoms. The molecule has 0 amide bonds. The van der Waals surface area contributed by atoms with Gasteiger partial charge in [0.25, 0.3) is 0 Å². The number of hydrogen-bond acceptors (Lipinski definition) is 3. The van der Waals surface area contributed by atoms with Crippen LogP contribution in [0.1, 0.15) is 39.5 Å². The van der Waals surface area contributed by atoms with Crippen LogP contribution in [0.4, 0.5) is 0 Å². The highest BCUT2D eigenvalue weighted by Gasteiger charge is 2.36. The average molecular weight is 258 g/mol. The molecule has 3 N–H and O–H groups in total. The molecule has 1 saturated heterocycles. The first kappa shape index (κ1) is 14.4. The first-order valence-corrected chi connectivity index (χ1v) is 6.58. The van der Waals surface area contributed by atoms with Gasteiger partial charge in [-0.1, -0.05) is 32.5 Å². The third-order valence-electron chi connectivity index (χ3n) is 3.78. The fourth-order valence-electron chi connectivity index (χ4n) is 2.31. The fourth-order valence-corrected chi connectivity index (χ4v) is 2.52. The highest BCUT2D eigenvalue weighted by atomic mass is 32.1. The minimum Gasteiger partial charge on any atom is -0.480 e. The number of aliphatic carboxylic acids is 1. The smallest absolute Gasteiger partial charge is 0.320 e. The summed E-state index contributed by atoms with van der Waals surface area (Å²) in [6.07, 6.45) is 3.31. The van der Waals surface area contributed by atoms with Crippen molar-refractivity contribution in [1.29, 1.82) is 0 Å². The Hall–Kier alpha value is -0.680. The van der Waals surface area contributed by atoms with E-state index in [4.69, 9.17) is 18.0 Å². The third-order valence-corrected chi connectivity index (χ3v) is 4.28. The molecule has 1 aliphatic heterocycles. The molecule has 4 nitrogen and oxygen atoms in total. The molecule has 5 heteroatoms. The summed E-state index contributed by atoms with van der Waals surface area (Å²) in [5.41, 5.74) is 5.64. The van der Waals surface area contributed by atoms with Gasteiger partial charge in [-0.05, 0) is 32.4 Å². The predicted octanol–water partition coefficient (Wildman–Crippen LogP) is 1.63. The van der Waals surface area contributed by atoms with Crippen LogP contribution in [0.3, 0.4) is 0 Å². The third kappa shape index (κ3) is 3.39. The van der Waals surface area contributed by atoms with Crippen LogP contribution in [0.5, 0.6) is 0 Å². The molecule has 0 aliphatic carbocycles. The second-order valence-electron chi connectivity index (χ2n) is 5.10. The molecule has 0 aromatic carbocycles. The number of carboxylic acids is 1. The van der Waals surface area contributed by atoms with Gasteiger partial charge in [0, 0.05) is 5.41 Å². The van der Waals surface area contributed by atoms with Crippen LogP contribution in [0.25, 0.3) is 0 Å². The Morgan fingerprint density at radius 1 is 1.53 bits per heavy atom. The lowest BCUT2D eigenvalue weighted by Gasteiger charge is -2.40. The Balaban J connectivity index is 2.61. The van der Waals surface area contributed by atoms with E-state index in [9.17, 15) is 9.90 Å². The number of likely N-dealkylation sites (tertiary alicyclic amines) is 1. The molecule has 1 atom stereocenters. The first-order valence-electron chi connectivity index (χ1n) is 6.17. The number of nitrogens with zero attached hydrogens (tertiary/aromatic N) is 1. The summed E-state index contributed by atoms with van der Waals surface area (Å²) in [6.45, 7) is 5.62. The van der Waals surface area contributed by atoms with Crippen molar-refractivity contribution in [1.82, 2.24) is 4.90 Å². The zero-order valence-corrected chi connectivity index (χ0v) is 11.4. The molecule has 17 heavy (non-hydrogen) atoms. The fraction of sp³-hybridized carbons (Fsp3) is 0.833. The highest BCUT2D eigenvalue weighted by molar-refractivity contribution is 7.80. The summed E-state index contributed by atoms with van der Waals surface area (Å²) < 4.78 is 0. The van der Waals surface area contributed by atoms with Gasteiger partial charge in [-0.3, -0.25) is 9.69 Å². The number of thiocarbonyl (C=S) groups is 1. The molecule has 1 rings (SSSR count). The van der Waals surface area contributed by atoms with Crippen LogP contribution >= 0.6 is 12.2 Å². The maximum absolute atomic E-state index is 11.2. The molecular weight excluding hydrogens is 236 g/mol. The van der Waals surface area contributed by atoms with Crippen molar-refractivity contribution in [3.8, 4) is 0 Å². The van der Waals surface area contributed by atoms with Gasteiger partial charge in [0.1, 0.15) is 6.04 Å². The Labute approximate surface area is 108 Å². The first-order chi connectivity index (χ1) is 7.90. The van der Waals surface area contributed by atoms with Crippen molar-refractivity contribution < 1.29 is 9.90 Å². The normalized spacial score (nSPS) is 22.0. The van der Waals surface area contributed by atoms with Crippen molar-refractivity contribution >= 4 is 23.2 Å². The van der Waals surface area contributed by atoms with Gasteiger partial charge >= 0.3 is 5.97 Å². The standard InChI is InChI=1S/C12H22N2O2S/c1-3-4-9(10(15)16)14-7-5-12(2,6-8-14)11(13)17/h9H,3-8H2,1-2H3,(H2,13,17)(H,15,16). The minimum atomic E-state index is -0.717. The maximum Gasteiger partial charge on any atom is 0.320 e. The van der Waals surface area contributed by atoms with Crippen LogP contribution in [0.15, 0.2) is 0 Å². The van der Waals surface area contributed by atoms with E-state index in [1.54, 1.807) is 0 Å². The largest absolute Gasteiger partial charge is 0.480 e. The van der Waals surface area contributed by atoms with E-state index in [1.165, 1.54) is 0 Å². The lowest BCUT2D eigenvalue weighted by molar-refractivity contribution is -0.144. The summed E-state index contributed by atoms with van der Waals surface area (Å²) in [4.78, 5) is 13.8. The predicted molar refractivity (Wildman–Crippen MR) is 72.0 cm³/mol. The summed E-state index contributed by atoms with van der Waals surface area (Å²) in [5.74, 6) is -0.717. The SMILES string of the molecule is CCCC(C(=O)O)N1CCC(C)(C(N)=S)CC1. The van der Waals surface area contributed by atoms with E-state index in [2.05, 4.69) is 6.92 Å². The van der Waals surface area contributed by atoms with E-state index in [0.29, 0.717) is 11.4 Å². The molecule has 1 fully saturated rings. The Bertz CT molecular complexity index is 299. The van der Waals surface area contributed by atoms with Crippen molar-refractivity contribution in [2.24, 2.45) is 11.1 Å². The molecule has 0 aromatic heterocycles. The number of nitrogens with two attached hydrogens (primary N) is 1. The van der Waals surface area contributed by atoms with E-state index in [0.717, 1.165) is 32.4 Å². The summed E-state index contributed by atoms with van der Waals surface area (Å²) in [6, 6.07) is -0.351. The zero-order chi connectivity index (χ0) is 13.1. The maximum atomic E-state index is 11.2. The van der Waals surface area contributed by atoms with Gasteiger partial charge in [-0.2, -0.15) is 0 Å². The number of rotatable bonds is 5. The topological polar surface area (TPSA) is 66.6 Å².